The second-order valence-electron chi connectivity index (χ2n) is 7.13. The van der Waals surface area contributed by atoms with E-state index in [2.05, 4.69) is 48.8 Å². The Labute approximate surface area is 175 Å². The van der Waals surface area contributed by atoms with Crippen molar-refractivity contribution in [3.63, 3.8) is 0 Å². The fourth-order valence-corrected chi connectivity index (χ4v) is 4.19. The molecule has 0 spiro atoms. The topological polar surface area (TPSA) is 25.2 Å². The van der Waals surface area contributed by atoms with Crippen LogP contribution in [0.15, 0.2) is 75.7 Å². The van der Waals surface area contributed by atoms with Crippen LogP contribution in [0.5, 0.6) is 0 Å². The van der Waals surface area contributed by atoms with Gasteiger partial charge in [0, 0.05) is 4.90 Å². The van der Waals surface area contributed by atoms with Crippen molar-refractivity contribution in [2.24, 2.45) is 0 Å². The summed E-state index contributed by atoms with van der Waals surface area (Å²) in [5.74, 6) is 0.728. The second-order valence-corrected chi connectivity index (χ2v) is 8.01. The zero-order valence-electron chi connectivity index (χ0n) is 16.7. The predicted molar refractivity (Wildman–Crippen MR) is 120 cm³/mol. The molecular weight excluding hydrogens is 381 g/mol. The highest BCUT2D eigenvalue weighted by atomic mass is 32.2. The van der Waals surface area contributed by atoms with E-state index in [1.54, 1.807) is 30.2 Å². The van der Waals surface area contributed by atoms with Gasteiger partial charge in [0.25, 0.3) is 0 Å². The lowest BCUT2D eigenvalue weighted by Gasteiger charge is -2.07. The molecule has 1 aliphatic rings. The molecule has 0 atom stereocenters. The average Bonchev–Trinajstić information content (AvgIpc) is 3.33. The van der Waals surface area contributed by atoms with E-state index in [1.165, 1.54) is 21.6 Å². The lowest BCUT2D eigenvalue weighted by molar-refractivity contribution is 0.485. The van der Waals surface area contributed by atoms with Crippen LogP contribution < -0.4 is 5.32 Å². The fourth-order valence-electron chi connectivity index (χ4n) is 3.78. The summed E-state index contributed by atoms with van der Waals surface area (Å²) in [7, 11) is 0. The lowest BCUT2D eigenvalue weighted by Crippen LogP contribution is -2.14. The number of benzene rings is 2. The number of rotatable bonds is 7. The number of nitrogens with one attached hydrogen (secondary N) is 1. The van der Waals surface area contributed by atoms with E-state index in [4.69, 9.17) is 4.42 Å². The Morgan fingerprint density at radius 3 is 2.62 bits per heavy atom. The van der Waals surface area contributed by atoms with Gasteiger partial charge in [-0.25, -0.2) is 4.39 Å². The number of fused-ring (bicyclic) bond motifs is 1. The highest BCUT2D eigenvalue weighted by Crippen LogP contribution is 2.43. The van der Waals surface area contributed by atoms with Crippen LogP contribution >= 0.6 is 11.8 Å². The van der Waals surface area contributed by atoms with Crippen molar-refractivity contribution in [2.75, 3.05) is 12.8 Å². The van der Waals surface area contributed by atoms with Crippen molar-refractivity contribution in [1.29, 1.82) is 0 Å². The highest BCUT2D eigenvalue weighted by molar-refractivity contribution is 7.98. The van der Waals surface area contributed by atoms with Crippen LogP contribution in [0.1, 0.15) is 35.8 Å². The molecule has 0 aliphatic heterocycles. The molecule has 3 aromatic rings. The third kappa shape index (κ3) is 4.39. The molecule has 2 nitrogen and oxygen atoms in total. The Morgan fingerprint density at radius 1 is 1.07 bits per heavy atom. The third-order valence-corrected chi connectivity index (χ3v) is 6.06. The molecule has 4 rings (SSSR count). The Morgan fingerprint density at radius 2 is 1.90 bits per heavy atom. The number of allylic oxidation sites excluding steroid dienone is 2. The van der Waals surface area contributed by atoms with E-state index in [1.807, 2.05) is 18.2 Å². The van der Waals surface area contributed by atoms with Gasteiger partial charge in [0.1, 0.15) is 11.6 Å². The van der Waals surface area contributed by atoms with Crippen molar-refractivity contribution < 1.29 is 8.81 Å². The monoisotopic (exact) mass is 405 g/mol. The average molecular weight is 406 g/mol. The summed E-state index contributed by atoms with van der Waals surface area (Å²) < 4.78 is 19.4. The van der Waals surface area contributed by atoms with Gasteiger partial charge in [-0.2, -0.15) is 0 Å². The smallest absolute Gasteiger partial charge is 0.123 e. The van der Waals surface area contributed by atoms with Crippen LogP contribution in [0.4, 0.5) is 4.39 Å². The molecule has 0 saturated heterocycles. The molecule has 4 heteroatoms. The normalized spacial score (nSPS) is 14.7. The van der Waals surface area contributed by atoms with Gasteiger partial charge in [-0.3, -0.25) is 0 Å². The summed E-state index contributed by atoms with van der Waals surface area (Å²) in [4.78, 5) is 1.25. The van der Waals surface area contributed by atoms with E-state index >= 15 is 0 Å². The fraction of sp³-hybridized carbons (Fsp3) is 0.200. The quantitative estimate of drug-likeness (QED) is 0.352. The Kier molecular flexibility index (Phi) is 6.02. The molecule has 0 fully saturated rings. The first-order valence-electron chi connectivity index (χ1n) is 9.75. The standard InChI is InChI=1S/C25H24FNOS/c1-17-22(11-12-27-16-20-4-3-13-28-20)25-15-19(26)7-10-23(25)24(17)14-18-5-8-21(29-2)9-6-18/h3-10,13-15,27H,11-12,16H2,1-2H3/b24-14-. The highest BCUT2D eigenvalue weighted by Gasteiger charge is 2.23. The molecule has 0 amide bonds. The van der Waals surface area contributed by atoms with Crippen LogP contribution in [0.3, 0.4) is 0 Å². The van der Waals surface area contributed by atoms with Crippen molar-refractivity contribution in [1.82, 2.24) is 5.32 Å². The number of hydrogen-bond donors (Lipinski definition) is 1. The van der Waals surface area contributed by atoms with Crippen molar-refractivity contribution >= 4 is 29.0 Å². The molecule has 0 bridgehead atoms. The van der Waals surface area contributed by atoms with Gasteiger partial charge in [-0.1, -0.05) is 18.2 Å². The molecular formula is C25H24FNOS. The van der Waals surface area contributed by atoms with Gasteiger partial charge in [-0.05, 0) is 102 Å². The molecule has 1 aromatic heterocycles. The van der Waals surface area contributed by atoms with Crippen LogP contribution in [-0.2, 0) is 6.54 Å². The molecule has 1 aliphatic carbocycles. The third-order valence-electron chi connectivity index (χ3n) is 5.31. The molecule has 0 radical (unpaired) electrons. The zero-order valence-corrected chi connectivity index (χ0v) is 17.5. The van der Waals surface area contributed by atoms with Crippen LogP contribution in [0, 0.1) is 5.82 Å². The molecule has 29 heavy (non-hydrogen) atoms. The summed E-state index contributed by atoms with van der Waals surface area (Å²) >= 11 is 1.74. The summed E-state index contributed by atoms with van der Waals surface area (Å²) in [6.45, 7) is 3.64. The number of thioether (sulfide) groups is 1. The molecule has 1 N–H and O–H groups in total. The second kappa shape index (κ2) is 8.85. The number of furan rings is 1. The van der Waals surface area contributed by atoms with Gasteiger partial charge < -0.3 is 9.73 Å². The molecule has 1 heterocycles. The number of hydrogen-bond acceptors (Lipinski definition) is 3. The summed E-state index contributed by atoms with van der Waals surface area (Å²) in [6.07, 6.45) is 6.81. The van der Waals surface area contributed by atoms with Gasteiger partial charge >= 0.3 is 0 Å². The number of halogens is 1. The lowest BCUT2D eigenvalue weighted by atomic mass is 10.0. The Balaban J connectivity index is 1.58. The zero-order chi connectivity index (χ0) is 20.2. The van der Waals surface area contributed by atoms with Crippen LogP contribution in [0.25, 0.3) is 17.2 Å². The van der Waals surface area contributed by atoms with Gasteiger partial charge in [-0.15, -0.1) is 11.8 Å². The largest absolute Gasteiger partial charge is 0.468 e. The van der Waals surface area contributed by atoms with E-state index < -0.39 is 0 Å². The summed E-state index contributed by atoms with van der Waals surface area (Å²) in [5.41, 5.74) is 6.88. The molecule has 0 saturated carbocycles. The van der Waals surface area contributed by atoms with Crippen molar-refractivity contribution in [3.8, 4) is 0 Å². The first-order chi connectivity index (χ1) is 14.2. The maximum absolute atomic E-state index is 14.0. The summed E-state index contributed by atoms with van der Waals surface area (Å²) in [5, 5.41) is 3.41. The Bertz CT molecular complexity index is 1050. The van der Waals surface area contributed by atoms with Crippen molar-refractivity contribution in [2.45, 2.75) is 24.8 Å². The minimum atomic E-state index is -0.192. The van der Waals surface area contributed by atoms with E-state index in [0.29, 0.717) is 6.54 Å². The first-order valence-corrected chi connectivity index (χ1v) is 11.0. The van der Waals surface area contributed by atoms with Gasteiger partial charge in [0.05, 0.1) is 12.8 Å². The van der Waals surface area contributed by atoms with Crippen molar-refractivity contribution in [3.05, 3.63) is 94.7 Å². The molecule has 0 unspecified atom stereocenters. The maximum Gasteiger partial charge on any atom is 0.123 e. The van der Waals surface area contributed by atoms with E-state index in [0.717, 1.165) is 35.4 Å². The van der Waals surface area contributed by atoms with Crippen LogP contribution in [0.2, 0.25) is 0 Å². The van der Waals surface area contributed by atoms with E-state index in [-0.39, 0.29) is 5.82 Å². The van der Waals surface area contributed by atoms with Crippen LogP contribution in [-0.4, -0.2) is 12.8 Å². The summed E-state index contributed by atoms with van der Waals surface area (Å²) in [6, 6.07) is 17.5. The van der Waals surface area contributed by atoms with Gasteiger partial charge in [0.15, 0.2) is 0 Å². The SMILES string of the molecule is CSc1ccc(/C=C2/C(C)=C(CCNCc3ccco3)c3cc(F)ccc32)cc1. The predicted octanol–water partition coefficient (Wildman–Crippen LogP) is 6.65. The van der Waals surface area contributed by atoms with E-state index in [9.17, 15) is 4.39 Å². The maximum atomic E-state index is 14.0. The van der Waals surface area contributed by atoms with Gasteiger partial charge in [0.2, 0.25) is 0 Å². The Hall–Kier alpha value is -2.56. The minimum Gasteiger partial charge on any atom is -0.468 e. The first kappa shape index (κ1) is 19.7. The molecule has 2 aromatic carbocycles. The molecule has 148 valence electrons. The minimum absolute atomic E-state index is 0.192.